The number of hydrogen-bond donors (Lipinski definition) is 0. The first-order chi connectivity index (χ1) is 21.3. The van der Waals surface area contributed by atoms with Gasteiger partial charge in [-0.2, -0.15) is 0 Å². The first kappa shape index (κ1) is 37.7. The molecule has 0 unspecified atom stereocenters. The van der Waals surface area contributed by atoms with Gasteiger partial charge in [-0.05, 0) is 85.1 Å². The molecular formula is C35H47IN4O5. The minimum absolute atomic E-state index is 0. The van der Waals surface area contributed by atoms with Gasteiger partial charge in [0.25, 0.3) is 11.8 Å². The number of hydrogen-bond acceptors (Lipinski definition) is 9. The number of aromatic nitrogens is 2. The van der Waals surface area contributed by atoms with Crippen LogP contribution in [0.1, 0.15) is 55.0 Å². The van der Waals surface area contributed by atoms with Gasteiger partial charge in [-0.25, -0.2) is 0 Å². The van der Waals surface area contributed by atoms with E-state index in [-0.39, 0.29) is 19.5 Å². The Kier molecular flexibility index (Phi) is 17.2. The van der Waals surface area contributed by atoms with Crippen molar-refractivity contribution in [2.75, 3.05) is 41.4 Å². The third-order valence-corrected chi connectivity index (χ3v) is 7.53. The number of halogens is 1. The van der Waals surface area contributed by atoms with Crippen molar-refractivity contribution in [1.82, 2.24) is 20.1 Å². The lowest BCUT2D eigenvalue weighted by molar-refractivity contribution is 0.198. The summed E-state index contributed by atoms with van der Waals surface area (Å²) in [6.45, 7) is 10.6. The van der Waals surface area contributed by atoms with Gasteiger partial charge in [-0.15, -0.1) is 13.2 Å². The second-order valence-corrected chi connectivity index (χ2v) is 11.5. The van der Waals surface area contributed by atoms with Crippen LogP contribution in [0.3, 0.4) is 0 Å². The number of ether oxygens (including phenoxy) is 3. The number of likely N-dealkylation sites (N-methyl/N-ethyl adjacent to an activating group) is 2. The lowest BCUT2D eigenvalue weighted by Gasteiger charge is -2.17. The summed E-state index contributed by atoms with van der Waals surface area (Å²) >= 11 is 2.20. The molecule has 1 fully saturated rings. The van der Waals surface area contributed by atoms with Crippen molar-refractivity contribution in [3.63, 3.8) is 0 Å². The van der Waals surface area contributed by atoms with E-state index in [1.807, 2.05) is 111 Å². The lowest BCUT2D eigenvalue weighted by atomic mass is 10.2. The molecule has 1 aliphatic heterocycles. The minimum Gasteiger partial charge on any atom is -0.471 e. The van der Waals surface area contributed by atoms with E-state index in [9.17, 15) is 0 Å². The van der Waals surface area contributed by atoms with Crippen molar-refractivity contribution in [3.05, 3.63) is 118 Å². The Labute approximate surface area is 281 Å². The zero-order valence-corrected chi connectivity index (χ0v) is 28.2. The summed E-state index contributed by atoms with van der Waals surface area (Å²) < 4.78 is 27.8. The Morgan fingerprint density at radius 2 is 1.33 bits per heavy atom. The van der Waals surface area contributed by atoms with E-state index in [2.05, 4.69) is 46.1 Å². The molecule has 0 amide bonds. The Morgan fingerprint density at radius 3 is 1.80 bits per heavy atom. The molecular weight excluding hydrogens is 683 g/mol. The maximum absolute atomic E-state index is 5.71. The monoisotopic (exact) mass is 730 g/mol. The molecule has 2 aromatic carbocycles. The molecule has 3 heterocycles. The zero-order chi connectivity index (χ0) is 31.7. The third kappa shape index (κ3) is 12.5. The fourth-order valence-corrected chi connectivity index (χ4v) is 4.80. The fourth-order valence-electron chi connectivity index (χ4n) is 4.13. The van der Waals surface area contributed by atoms with Crippen LogP contribution >= 0.6 is 22.6 Å². The molecule has 244 valence electrons. The normalized spacial score (nSPS) is 13.4. The highest BCUT2D eigenvalue weighted by Gasteiger charge is 2.23. The average Bonchev–Trinajstić information content (AvgIpc) is 3.82. The quantitative estimate of drug-likeness (QED) is 0.106. The van der Waals surface area contributed by atoms with Crippen molar-refractivity contribution in [2.24, 2.45) is 0 Å². The van der Waals surface area contributed by atoms with Gasteiger partial charge in [0.15, 0.2) is 11.5 Å². The summed E-state index contributed by atoms with van der Waals surface area (Å²) in [5.41, 5.74) is 2.20. The van der Waals surface area contributed by atoms with Gasteiger partial charge in [-0.3, -0.25) is 9.80 Å². The molecule has 1 saturated heterocycles. The van der Waals surface area contributed by atoms with E-state index in [0.29, 0.717) is 25.0 Å². The molecule has 5 rings (SSSR count). The van der Waals surface area contributed by atoms with E-state index in [1.54, 1.807) is 6.07 Å². The standard InChI is InChI=1S/C15H17IN2O2.C15H18N2O2.C4H8O.CH4/c1-4-12(18(2)3)14-13(16)15(17-20-14)19-10-11-8-6-5-7-9-11;1-4-13(17(2)3)14-10-15(16-19-14)18-11-12-8-6-5-7-9-12;1-2-4-5-3-1;/h4-9,12H,1,10H2,2-3H3;4-10,13H,1,11H2,2-3H3;1-4H2;1H4/t12-;13-;;/m00../s1. The van der Waals surface area contributed by atoms with E-state index >= 15 is 0 Å². The van der Waals surface area contributed by atoms with Crippen molar-refractivity contribution in [1.29, 1.82) is 0 Å². The Balaban J connectivity index is 0.000000266. The van der Waals surface area contributed by atoms with Gasteiger partial charge in [0.05, 0.1) is 12.1 Å². The summed E-state index contributed by atoms with van der Waals surface area (Å²) in [5.74, 6) is 2.50. The molecule has 45 heavy (non-hydrogen) atoms. The van der Waals surface area contributed by atoms with Crippen LogP contribution in [-0.2, 0) is 18.0 Å². The smallest absolute Gasteiger partial charge is 0.268 e. The summed E-state index contributed by atoms with van der Waals surface area (Å²) in [7, 11) is 7.85. The maximum atomic E-state index is 5.71. The molecule has 0 aliphatic carbocycles. The van der Waals surface area contributed by atoms with Crippen LogP contribution in [0, 0.1) is 3.57 Å². The predicted molar refractivity (Wildman–Crippen MR) is 187 cm³/mol. The zero-order valence-electron chi connectivity index (χ0n) is 26.0. The van der Waals surface area contributed by atoms with E-state index < -0.39 is 0 Å². The van der Waals surface area contributed by atoms with Gasteiger partial charge >= 0.3 is 0 Å². The van der Waals surface area contributed by atoms with Crippen LogP contribution in [-0.4, -0.2) is 61.5 Å². The molecule has 10 heteroatoms. The number of benzene rings is 2. The highest BCUT2D eigenvalue weighted by molar-refractivity contribution is 14.1. The van der Waals surface area contributed by atoms with Crippen LogP contribution < -0.4 is 9.47 Å². The molecule has 0 N–H and O–H groups in total. The van der Waals surface area contributed by atoms with Gasteiger partial charge in [0, 0.05) is 19.3 Å². The summed E-state index contributed by atoms with van der Waals surface area (Å²) in [6.07, 6.45) is 6.19. The van der Waals surface area contributed by atoms with Gasteiger partial charge in [-0.1, -0.05) is 80.2 Å². The molecule has 0 spiro atoms. The van der Waals surface area contributed by atoms with E-state index in [1.165, 1.54) is 12.8 Å². The van der Waals surface area contributed by atoms with Crippen LogP contribution in [0.25, 0.3) is 0 Å². The minimum atomic E-state index is -0.0107. The fraction of sp³-hybridized carbons (Fsp3) is 0.371. The Morgan fingerprint density at radius 1 is 0.800 bits per heavy atom. The van der Waals surface area contributed by atoms with Crippen LogP contribution in [0.4, 0.5) is 0 Å². The number of rotatable bonds is 12. The van der Waals surface area contributed by atoms with Crippen molar-refractivity contribution < 1.29 is 23.3 Å². The summed E-state index contributed by atoms with van der Waals surface area (Å²) in [4.78, 5) is 4.01. The molecule has 0 bridgehead atoms. The van der Waals surface area contributed by atoms with Crippen molar-refractivity contribution in [2.45, 2.75) is 45.6 Å². The van der Waals surface area contributed by atoms with Gasteiger partial charge in [0.1, 0.15) is 16.8 Å². The molecule has 1 aliphatic rings. The average molecular weight is 731 g/mol. The van der Waals surface area contributed by atoms with Gasteiger partial charge < -0.3 is 23.3 Å². The lowest BCUT2D eigenvalue weighted by Crippen LogP contribution is -2.17. The first-order valence-electron chi connectivity index (χ1n) is 14.4. The topological polar surface area (TPSA) is 86.2 Å². The highest BCUT2D eigenvalue weighted by Crippen LogP contribution is 2.31. The van der Waals surface area contributed by atoms with E-state index in [4.69, 9.17) is 23.3 Å². The molecule has 9 nitrogen and oxygen atoms in total. The van der Waals surface area contributed by atoms with E-state index in [0.717, 1.165) is 39.4 Å². The molecule has 2 atom stereocenters. The van der Waals surface area contributed by atoms with Crippen LogP contribution in [0.2, 0.25) is 0 Å². The summed E-state index contributed by atoms with van der Waals surface area (Å²) in [5, 5.41) is 7.91. The molecule has 4 aromatic rings. The number of nitrogens with zero attached hydrogens (tertiary/aromatic N) is 4. The second-order valence-electron chi connectivity index (χ2n) is 10.4. The molecule has 2 aromatic heterocycles. The van der Waals surface area contributed by atoms with Crippen LogP contribution in [0.5, 0.6) is 11.8 Å². The molecule has 0 radical (unpaired) electrons. The first-order valence-corrected chi connectivity index (χ1v) is 15.5. The Bertz CT molecular complexity index is 1360. The second kappa shape index (κ2) is 20.6. The van der Waals surface area contributed by atoms with Crippen molar-refractivity contribution >= 4 is 22.6 Å². The summed E-state index contributed by atoms with van der Waals surface area (Å²) in [6, 6.07) is 21.7. The third-order valence-electron chi connectivity index (χ3n) is 6.53. The Hall–Kier alpha value is -3.45. The van der Waals surface area contributed by atoms with Crippen LogP contribution in [0.15, 0.2) is 101 Å². The maximum Gasteiger partial charge on any atom is 0.268 e. The predicted octanol–water partition coefficient (Wildman–Crippen LogP) is 8.12. The van der Waals surface area contributed by atoms with Crippen molar-refractivity contribution in [3.8, 4) is 11.8 Å². The van der Waals surface area contributed by atoms with Gasteiger partial charge in [0.2, 0.25) is 0 Å². The highest BCUT2D eigenvalue weighted by atomic mass is 127. The SMILES string of the molecule is C.C1CCOC1.C=C[C@@H](c1cc(OCc2ccccc2)no1)N(C)C.C=C[C@@H](c1onc(OCc2ccccc2)c1I)N(C)C. The largest absolute Gasteiger partial charge is 0.471 e. The molecule has 0 saturated carbocycles.